The van der Waals surface area contributed by atoms with Gasteiger partial charge in [-0.3, -0.25) is 9.69 Å². The van der Waals surface area contributed by atoms with Crippen molar-refractivity contribution in [3.05, 3.63) is 29.8 Å². The molecule has 0 saturated carbocycles. The van der Waals surface area contributed by atoms with Crippen molar-refractivity contribution in [3.63, 3.8) is 0 Å². The monoisotopic (exact) mass is 306 g/mol. The van der Waals surface area contributed by atoms with Gasteiger partial charge >= 0.3 is 0 Å². The molecule has 0 bridgehead atoms. The van der Waals surface area contributed by atoms with Crippen molar-refractivity contribution < 1.29 is 14.3 Å². The van der Waals surface area contributed by atoms with Crippen LogP contribution in [-0.4, -0.2) is 56.8 Å². The quantitative estimate of drug-likeness (QED) is 0.739. The summed E-state index contributed by atoms with van der Waals surface area (Å²) in [7, 11) is 0. The van der Waals surface area contributed by atoms with E-state index in [4.69, 9.17) is 9.47 Å². The first-order chi connectivity index (χ1) is 10.8. The molecular formula is C17H26N2O3. The highest BCUT2D eigenvalue weighted by atomic mass is 16.5. The van der Waals surface area contributed by atoms with Gasteiger partial charge in [0.2, 0.25) is 0 Å². The van der Waals surface area contributed by atoms with Crippen LogP contribution in [0.5, 0.6) is 5.75 Å². The molecule has 122 valence electrons. The number of aryl methyl sites for hydroxylation is 1. The van der Waals surface area contributed by atoms with Crippen molar-refractivity contribution in [1.29, 1.82) is 0 Å². The molecule has 0 aromatic heterocycles. The number of ether oxygens (including phenoxy) is 2. The first-order valence-corrected chi connectivity index (χ1v) is 8.06. The molecule has 0 spiro atoms. The van der Waals surface area contributed by atoms with Crippen LogP contribution in [0.1, 0.15) is 18.9 Å². The lowest BCUT2D eigenvalue weighted by molar-refractivity contribution is -0.123. The molecule has 2 rings (SSSR count). The predicted octanol–water partition coefficient (Wildman–Crippen LogP) is 1.47. The Labute approximate surface area is 132 Å². The van der Waals surface area contributed by atoms with E-state index in [-0.39, 0.29) is 12.5 Å². The van der Waals surface area contributed by atoms with E-state index in [2.05, 4.69) is 23.2 Å². The number of amides is 1. The number of nitrogens with zero attached hydrogens (tertiary/aromatic N) is 1. The van der Waals surface area contributed by atoms with Gasteiger partial charge in [-0.15, -0.1) is 0 Å². The summed E-state index contributed by atoms with van der Waals surface area (Å²) in [5.74, 6) is 0.687. The molecule has 0 atom stereocenters. The molecule has 0 unspecified atom stereocenters. The molecular weight excluding hydrogens is 280 g/mol. The predicted molar refractivity (Wildman–Crippen MR) is 86.2 cm³/mol. The third-order valence-corrected chi connectivity index (χ3v) is 3.75. The molecule has 1 aliphatic heterocycles. The van der Waals surface area contributed by atoms with Crippen LogP contribution in [-0.2, 0) is 16.0 Å². The number of hydrogen-bond donors (Lipinski definition) is 1. The number of carbonyl (C=O) groups is 1. The van der Waals surface area contributed by atoms with Gasteiger partial charge in [-0.25, -0.2) is 0 Å². The average molecular weight is 306 g/mol. The van der Waals surface area contributed by atoms with E-state index in [1.807, 2.05) is 18.2 Å². The molecule has 1 amide bonds. The minimum atomic E-state index is -0.0659. The summed E-state index contributed by atoms with van der Waals surface area (Å²) in [6, 6.07) is 7.86. The molecule has 5 heteroatoms. The summed E-state index contributed by atoms with van der Waals surface area (Å²) in [5.41, 5.74) is 1.21. The minimum Gasteiger partial charge on any atom is -0.484 e. The molecule has 1 saturated heterocycles. The van der Waals surface area contributed by atoms with Crippen molar-refractivity contribution in [1.82, 2.24) is 10.2 Å². The topological polar surface area (TPSA) is 50.8 Å². The lowest BCUT2D eigenvalue weighted by Gasteiger charge is -2.26. The molecule has 1 aromatic carbocycles. The lowest BCUT2D eigenvalue weighted by atomic mass is 10.2. The molecule has 0 aliphatic carbocycles. The van der Waals surface area contributed by atoms with Crippen LogP contribution >= 0.6 is 0 Å². The molecule has 0 radical (unpaired) electrons. The van der Waals surface area contributed by atoms with Crippen LogP contribution in [0.15, 0.2) is 24.3 Å². The van der Waals surface area contributed by atoms with Gasteiger partial charge in [-0.05, 0) is 37.1 Å². The SMILES string of the molecule is CCc1cccc(OCC(=O)NCCCN2CCOCC2)c1. The number of rotatable bonds is 8. The Bertz CT molecular complexity index is 459. The van der Waals surface area contributed by atoms with E-state index in [9.17, 15) is 4.79 Å². The summed E-state index contributed by atoms with van der Waals surface area (Å²) < 4.78 is 10.8. The Hall–Kier alpha value is -1.59. The summed E-state index contributed by atoms with van der Waals surface area (Å²) in [6.07, 6.45) is 1.92. The molecule has 1 aliphatic rings. The number of hydrogen-bond acceptors (Lipinski definition) is 4. The fraction of sp³-hybridized carbons (Fsp3) is 0.588. The molecule has 1 N–H and O–H groups in total. The number of morpholine rings is 1. The van der Waals surface area contributed by atoms with Gasteiger partial charge in [0.25, 0.3) is 5.91 Å². The van der Waals surface area contributed by atoms with Crippen LogP contribution in [0.4, 0.5) is 0 Å². The zero-order valence-electron chi connectivity index (χ0n) is 13.3. The summed E-state index contributed by atoms with van der Waals surface area (Å²) >= 11 is 0. The lowest BCUT2D eigenvalue weighted by Crippen LogP contribution is -2.38. The van der Waals surface area contributed by atoms with E-state index in [0.717, 1.165) is 51.4 Å². The average Bonchev–Trinajstić information content (AvgIpc) is 2.58. The van der Waals surface area contributed by atoms with Crippen molar-refractivity contribution in [2.75, 3.05) is 46.0 Å². The highest BCUT2D eigenvalue weighted by Crippen LogP contribution is 2.13. The second-order valence-electron chi connectivity index (χ2n) is 5.45. The molecule has 5 nitrogen and oxygen atoms in total. The molecule has 1 aromatic rings. The molecule has 22 heavy (non-hydrogen) atoms. The second-order valence-corrected chi connectivity index (χ2v) is 5.45. The summed E-state index contributed by atoms with van der Waals surface area (Å²) in [6.45, 7) is 7.48. The van der Waals surface area contributed by atoms with E-state index >= 15 is 0 Å². The maximum Gasteiger partial charge on any atom is 0.257 e. The van der Waals surface area contributed by atoms with Gasteiger partial charge in [-0.2, -0.15) is 0 Å². The van der Waals surface area contributed by atoms with Crippen molar-refractivity contribution in [2.45, 2.75) is 19.8 Å². The molecule has 1 fully saturated rings. The Morgan fingerprint density at radius 3 is 2.95 bits per heavy atom. The van der Waals surface area contributed by atoms with Crippen LogP contribution in [0, 0.1) is 0 Å². The first-order valence-electron chi connectivity index (χ1n) is 8.06. The summed E-state index contributed by atoms with van der Waals surface area (Å²) in [4.78, 5) is 14.1. The minimum absolute atomic E-state index is 0.0659. The normalized spacial score (nSPS) is 15.5. The third kappa shape index (κ3) is 6.03. The van der Waals surface area contributed by atoms with Crippen LogP contribution in [0.25, 0.3) is 0 Å². The Kier molecular flexibility index (Phi) is 7.19. The number of benzene rings is 1. The standard InChI is InChI=1S/C17H26N2O3/c1-2-15-5-3-6-16(13-15)22-14-17(20)18-7-4-8-19-9-11-21-12-10-19/h3,5-6,13H,2,4,7-12,14H2,1H3,(H,18,20). The Balaban J connectivity index is 1.57. The van der Waals surface area contributed by atoms with Gasteiger partial charge in [0.1, 0.15) is 5.75 Å². The zero-order valence-corrected chi connectivity index (χ0v) is 13.3. The van der Waals surface area contributed by atoms with Crippen LogP contribution in [0.3, 0.4) is 0 Å². The van der Waals surface area contributed by atoms with E-state index in [0.29, 0.717) is 6.54 Å². The second kappa shape index (κ2) is 9.43. The third-order valence-electron chi connectivity index (χ3n) is 3.75. The number of nitrogens with one attached hydrogen (secondary N) is 1. The van der Waals surface area contributed by atoms with Crippen molar-refractivity contribution in [2.24, 2.45) is 0 Å². The van der Waals surface area contributed by atoms with Crippen LogP contribution < -0.4 is 10.1 Å². The molecule has 1 heterocycles. The maximum atomic E-state index is 11.8. The summed E-state index contributed by atoms with van der Waals surface area (Å²) in [5, 5.41) is 2.90. The van der Waals surface area contributed by atoms with Gasteiger partial charge in [0.05, 0.1) is 13.2 Å². The highest BCUT2D eigenvalue weighted by Gasteiger charge is 2.09. The fourth-order valence-electron chi connectivity index (χ4n) is 2.41. The van der Waals surface area contributed by atoms with Gasteiger partial charge in [0.15, 0.2) is 6.61 Å². The van der Waals surface area contributed by atoms with Gasteiger partial charge < -0.3 is 14.8 Å². The Morgan fingerprint density at radius 1 is 1.36 bits per heavy atom. The van der Waals surface area contributed by atoms with Gasteiger partial charge in [-0.1, -0.05) is 19.1 Å². The number of carbonyl (C=O) groups excluding carboxylic acids is 1. The first kappa shape index (κ1) is 16.8. The van der Waals surface area contributed by atoms with Gasteiger partial charge in [0, 0.05) is 19.6 Å². The Morgan fingerprint density at radius 2 is 2.18 bits per heavy atom. The maximum absolute atomic E-state index is 11.8. The highest BCUT2D eigenvalue weighted by molar-refractivity contribution is 5.77. The van der Waals surface area contributed by atoms with E-state index in [1.165, 1.54) is 5.56 Å². The smallest absolute Gasteiger partial charge is 0.257 e. The van der Waals surface area contributed by atoms with Crippen molar-refractivity contribution >= 4 is 5.91 Å². The largest absolute Gasteiger partial charge is 0.484 e. The zero-order chi connectivity index (χ0) is 15.6. The van der Waals surface area contributed by atoms with E-state index < -0.39 is 0 Å². The van der Waals surface area contributed by atoms with Crippen molar-refractivity contribution in [3.8, 4) is 5.75 Å². The van der Waals surface area contributed by atoms with E-state index in [1.54, 1.807) is 0 Å². The fourth-order valence-corrected chi connectivity index (χ4v) is 2.41. The van der Waals surface area contributed by atoms with Crippen LogP contribution in [0.2, 0.25) is 0 Å².